The van der Waals surface area contributed by atoms with Gasteiger partial charge in [0.1, 0.15) is 0 Å². The lowest BCUT2D eigenvalue weighted by Gasteiger charge is -2.04. The van der Waals surface area contributed by atoms with Crippen LogP contribution in [-0.2, 0) is 10.5 Å². The molecule has 6 nitrogen and oxygen atoms in total. The van der Waals surface area contributed by atoms with E-state index >= 15 is 0 Å². The van der Waals surface area contributed by atoms with Crippen LogP contribution in [0.3, 0.4) is 0 Å². The summed E-state index contributed by atoms with van der Waals surface area (Å²) < 4.78 is 0.827. The van der Waals surface area contributed by atoms with Gasteiger partial charge in [-0.3, -0.25) is 10.1 Å². The van der Waals surface area contributed by atoms with E-state index in [0.29, 0.717) is 5.13 Å². The summed E-state index contributed by atoms with van der Waals surface area (Å²) in [6, 6.07) is 22.5. The summed E-state index contributed by atoms with van der Waals surface area (Å²) >= 11 is 4.37. The molecule has 0 saturated heterocycles. The normalized spacial score (nSPS) is 11.2. The lowest BCUT2D eigenvalue weighted by molar-refractivity contribution is -0.113. The lowest BCUT2D eigenvalue weighted by Crippen LogP contribution is -2.13. The van der Waals surface area contributed by atoms with Gasteiger partial charge in [-0.15, -0.1) is 10.2 Å². The molecule has 3 aromatic carbocycles. The fourth-order valence-electron chi connectivity index (χ4n) is 3.16. The number of imidazole rings is 1. The molecule has 0 radical (unpaired) electrons. The third-order valence-electron chi connectivity index (χ3n) is 4.59. The second kappa shape index (κ2) is 9.09. The number of anilines is 1. The minimum Gasteiger partial charge on any atom is -0.333 e. The van der Waals surface area contributed by atoms with Gasteiger partial charge < -0.3 is 4.98 Å². The monoisotopic (exact) mass is 463 g/mol. The fourth-order valence-corrected chi connectivity index (χ4v) is 5.62. The van der Waals surface area contributed by atoms with Gasteiger partial charge in [-0.1, -0.05) is 89.5 Å². The quantitative estimate of drug-likeness (QED) is 0.242. The Labute approximate surface area is 190 Å². The molecule has 0 unspecified atom stereocenters. The molecular formula is C22H17N5OS3. The van der Waals surface area contributed by atoms with E-state index in [1.165, 1.54) is 39.4 Å². The number of rotatable bonds is 7. The van der Waals surface area contributed by atoms with Crippen molar-refractivity contribution in [2.75, 3.05) is 11.1 Å². The van der Waals surface area contributed by atoms with Crippen molar-refractivity contribution >= 4 is 67.7 Å². The number of benzene rings is 3. The number of amides is 1. The van der Waals surface area contributed by atoms with E-state index in [0.717, 1.165) is 26.3 Å². The molecular weight excluding hydrogens is 446 g/mol. The maximum Gasteiger partial charge on any atom is 0.236 e. The van der Waals surface area contributed by atoms with E-state index in [9.17, 15) is 4.79 Å². The lowest BCUT2D eigenvalue weighted by atomic mass is 10.1. The number of nitrogens with one attached hydrogen (secondary N) is 2. The number of fused-ring (bicyclic) bond motifs is 2. The number of aromatic amines is 1. The number of hydrogen-bond acceptors (Lipinski definition) is 7. The van der Waals surface area contributed by atoms with Gasteiger partial charge >= 0.3 is 0 Å². The highest BCUT2D eigenvalue weighted by atomic mass is 32.2. The second-order valence-corrected chi connectivity index (χ2v) is 9.86. The molecule has 0 bridgehead atoms. The number of nitrogens with zero attached hydrogens (tertiary/aromatic N) is 3. The number of H-pyrrole nitrogens is 1. The van der Waals surface area contributed by atoms with E-state index in [4.69, 9.17) is 0 Å². The van der Waals surface area contributed by atoms with Crippen molar-refractivity contribution in [3.63, 3.8) is 0 Å². The molecule has 5 aromatic rings. The number of thioether (sulfide) groups is 2. The topological polar surface area (TPSA) is 83.6 Å². The van der Waals surface area contributed by atoms with E-state index in [1.807, 2.05) is 30.3 Å². The Bertz CT molecular complexity index is 1330. The first-order valence-corrected chi connectivity index (χ1v) is 12.3. The Balaban J connectivity index is 1.16. The number of hydrogen-bond donors (Lipinski definition) is 2. The van der Waals surface area contributed by atoms with Crippen LogP contribution in [0.1, 0.15) is 5.56 Å². The van der Waals surface area contributed by atoms with Gasteiger partial charge in [0.05, 0.1) is 16.8 Å². The average Bonchev–Trinajstić information content (AvgIpc) is 3.42. The molecule has 0 aliphatic heterocycles. The zero-order chi connectivity index (χ0) is 21.0. The molecule has 0 aliphatic carbocycles. The third kappa shape index (κ3) is 4.73. The molecule has 5 rings (SSSR count). The van der Waals surface area contributed by atoms with Crippen LogP contribution in [0.25, 0.3) is 21.8 Å². The Morgan fingerprint density at radius 1 is 0.968 bits per heavy atom. The number of carbonyl (C=O) groups excluding carboxylic acids is 1. The molecule has 0 aliphatic rings. The first kappa shape index (κ1) is 20.0. The van der Waals surface area contributed by atoms with E-state index < -0.39 is 0 Å². The summed E-state index contributed by atoms with van der Waals surface area (Å²) in [5, 5.41) is 14.8. The van der Waals surface area contributed by atoms with E-state index in [1.54, 1.807) is 11.8 Å². The van der Waals surface area contributed by atoms with Gasteiger partial charge in [0.2, 0.25) is 11.0 Å². The van der Waals surface area contributed by atoms with Crippen LogP contribution in [0.2, 0.25) is 0 Å². The summed E-state index contributed by atoms with van der Waals surface area (Å²) in [4.78, 5) is 20.0. The maximum atomic E-state index is 12.3. The first-order valence-electron chi connectivity index (χ1n) is 9.55. The zero-order valence-electron chi connectivity index (χ0n) is 16.2. The molecule has 0 fully saturated rings. The predicted octanol–water partition coefficient (Wildman–Crippen LogP) is 5.59. The van der Waals surface area contributed by atoms with Crippen LogP contribution < -0.4 is 5.32 Å². The Morgan fingerprint density at radius 3 is 2.74 bits per heavy atom. The Hall–Kier alpha value is -2.88. The van der Waals surface area contributed by atoms with Crippen molar-refractivity contribution in [1.82, 2.24) is 20.2 Å². The third-order valence-corrected chi connectivity index (χ3v) is 7.49. The summed E-state index contributed by atoms with van der Waals surface area (Å²) in [6.45, 7) is 0. The highest BCUT2D eigenvalue weighted by Gasteiger charge is 2.11. The molecule has 2 aromatic heterocycles. The van der Waals surface area contributed by atoms with E-state index in [-0.39, 0.29) is 11.7 Å². The molecule has 0 spiro atoms. The minimum atomic E-state index is -0.132. The summed E-state index contributed by atoms with van der Waals surface area (Å²) in [7, 11) is 0. The molecule has 2 heterocycles. The number of para-hydroxylation sites is 2. The Kier molecular flexibility index (Phi) is 5.88. The zero-order valence-corrected chi connectivity index (χ0v) is 18.7. The van der Waals surface area contributed by atoms with Crippen molar-refractivity contribution in [1.29, 1.82) is 0 Å². The number of aromatic nitrogens is 4. The minimum absolute atomic E-state index is 0.132. The van der Waals surface area contributed by atoms with Crippen LogP contribution >= 0.6 is 34.9 Å². The number of carbonyl (C=O) groups is 1. The van der Waals surface area contributed by atoms with Gasteiger partial charge in [-0.2, -0.15) is 0 Å². The second-order valence-electron chi connectivity index (χ2n) is 6.70. The summed E-state index contributed by atoms with van der Waals surface area (Å²) in [5.41, 5.74) is 3.11. The van der Waals surface area contributed by atoms with Crippen molar-refractivity contribution in [3.8, 4) is 0 Å². The molecule has 154 valence electrons. The summed E-state index contributed by atoms with van der Waals surface area (Å²) in [5.74, 6) is 0.913. The van der Waals surface area contributed by atoms with Crippen molar-refractivity contribution in [2.45, 2.75) is 15.2 Å². The SMILES string of the molecule is O=C(CSc1nc2ccccc2[nH]1)Nc1nnc(SCc2cccc3ccccc23)s1. The van der Waals surface area contributed by atoms with Gasteiger partial charge in [0, 0.05) is 5.75 Å². The van der Waals surface area contributed by atoms with Crippen LogP contribution in [-0.4, -0.2) is 31.8 Å². The van der Waals surface area contributed by atoms with Crippen molar-refractivity contribution < 1.29 is 4.79 Å². The average molecular weight is 464 g/mol. The van der Waals surface area contributed by atoms with Crippen molar-refractivity contribution in [3.05, 3.63) is 72.3 Å². The molecule has 1 amide bonds. The summed E-state index contributed by atoms with van der Waals surface area (Å²) in [6.07, 6.45) is 0. The van der Waals surface area contributed by atoms with Gasteiger partial charge in [0.25, 0.3) is 0 Å². The van der Waals surface area contributed by atoms with Crippen LogP contribution in [0, 0.1) is 0 Å². The largest absolute Gasteiger partial charge is 0.333 e. The maximum absolute atomic E-state index is 12.3. The van der Waals surface area contributed by atoms with Gasteiger partial charge in [0.15, 0.2) is 9.50 Å². The van der Waals surface area contributed by atoms with Crippen LogP contribution in [0.15, 0.2) is 76.2 Å². The van der Waals surface area contributed by atoms with Crippen LogP contribution in [0.4, 0.5) is 5.13 Å². The van der Waals surface area contributed by atoms with Gasteiger partial charge in [-0.25, -0.2) is 4.98 Å². The first-order chi connectivity index (χ1) is 15.2. The molecule has 31 heavy (non-hydrogen) atoms. The smallest absolute Gasteiger partial charge is 0.236 e. The molecule has 0 atom stereocenters. The standard InChI is InChI=1S/C22H17N5OS3/c28-19(13-29-20-23-17-10-3-4-11-18(17)24-20)25-21-26-27-22(31-21)30-12-15-8-5-7-14-6-1-2-9-16(14)15/h1-11H,12-13H2,(H,23,24)(H,25,26,28). The molecule has 9 heteroatoms. The predicted molar refractivity (Wildman–Crippen MR) is 129 cm³/mol. The highest BCUT2D eigenvalue weighted by molar-refractivity contribution is 8.00. The molecule has 0 saturated carbocycles. The fraction of sp³-hybridized carbons (Fsp3) is 0.0909. The van der Waals surface area contributed by atoms with Gasteiger partial charge in [-0.05, 0) is 28.5 Å². The van der Waals surface area contributed by atoms with Crippen LogP contribution in [0.5, 0.6) is 0 Å². The molecule has 2 N–H and O–H groups in total. The van der Waals surface area contributed by atoms with Crippen molar-refractivity contribution in [2.24, 2.45) is 0 Å². The van der Waals surface area contributed by atoms with E-state index in [2.05, 4.69) is 61.9 Å². The Morgan fingerprint density at radius 2 is 1.81 bits per heavy atom. The highest BCUT2D eigenvalue weighted by Crippen LogP contribution is 2.31.